The normalized spacial score (nSPS) is 12.2. The molecule has 2 aromatic heterocycles. The van der Waals surface area contributed by atoms with Gasteiger partial charge in [0.15, 0.2) is 0 Å². The number of hydrogen-bond acceptors (Lipinski definition) is 4. The second-order valence-corrected chi connectivity index (χ2v) is 7.51. The van der Waals surface area contributed by atoms with E-state index in [1.807, 2.05) is 38.1 Å². The number of pyridine rings is 1. The van der Waals surface area contributed by atoms with Gasteiger partial charge in [0.1, 0.15) is 5.82 Å². The van der Waals surface area contributed by atoms with Crippen LogP contribution >= 0.6 is 0 Å². The molecule has 0 aliphatic heterocycles. The second-order valence-electron chi connectivity index (χ2n) is 7.51. The van der Waals surface area contributed by atoms with Gasteiger partial charge in [0.05, 0.1) is 28.4 Å². The third kappa shape index (κ3) is 3.56. The molecule has 0 radical (unpaired) electrons. The number of benzene rings is 2. The molecule has 6 heteroatoms. The van der Waals surface area contributed by atoms with E-state index in [4.69, 9.17) is 4.52 Å². The lowest BCUT2D eigenvalue weighted by molar-refractivity contribution is 0.0744. The largest absolute Gasteiger partial charge is 0.335 e. The van der Waals surface area contributed by atoms with Gasteiger partial charge in [-0.2, -0.15) is 0 Å². The number of amides is 1. The van der Waals surface area contributed by atoms with Crippen LogP contribution in [0.1, 0.15) is 40.1 Å². The second kappa shape index (κ2) is 7.71. The van der Waals surface area contributed by atoms with Crippen LogP contribution in [-0.2, 0) is 0 Å². The molecule has 0 aliphatic rings. The number of aryl methyl sites for hydroxylation is 2. The lowest BCUT2D eigenvalue weighted by Crippen LogP contribution is -2.30. The first-order valence-corrected chi connectivity index (χ1v) is 9.72. The molecule has 0 saturated heterocycles. The molecule has 4 rings (SSSR count). The van der Waals surface area contributed by atoms with Crippen LogP contribution in [0.25, 0.3) is 22.4 Å². The average Bonchev–Trinajstić information content (AvgIpc) is 3.13. The lowest BCUT2D eigenvalue weighted by atomic mass is 10.0. The number of fused-ring (bicyclic) bond motifs is 1. The number of aromatic nitrogens is 2. The SMILES string of the molecule is Cc1ccc(-c2cc(C(=O)N(C)C(C)c3ccc(F)cc3)c3c(C)noc3n2)cc1. The van der Waals surface area contributed by atoms with Gasteiger partial charge in [-0.1, -0.05) is 47.1 Å². The summed E-state index contributed by atoms with van der Waals surface area (Å²) in [4.78, 5) is 19.7. The highest BCUT2D eigenvalue weighted by Gasteiger charge is 2.25. The van der Waals surface area contributed by atoms with Crippen molar-refractivity contribution in [3.05, 3.63) is 82.8 Å². The van der Waals surface area contributed by atoms with Gasteiger partial charge in [-0.3, -0.25) is 4.79 Å². The Morgan fingerprint density at radius 3 is 2.40 bits per heavy atom. The smallest absolute Gasteiger partial charge is 0.259 e. The van der Waals surface area contributed by atoms with Crippen LogP contribution in [0.15, 0.2) is 59.1 Å². The summed E-state index contributed by atoms with van der Waals surface area (Å²) in [6.07, 6.45) is 0. The van der Waals surface area contributed by atoms with Crippen molar-refractivity contribution in [3.63, 3.8) is 0 Å². The summed E-state index contributed by atoms with van der Waals surface area (Å²) >= 11 is 0. The Morgan fingerprint density at radius 1 is 1.07 bits per heavy atom. The summed E-state index contributed by atoms with van der Waals surface area (Å²) in [6.45, 7) is 5.71. The molecule has 1 unspecified atom stereocenters. The number of carbonyl (C=O) groups excluding carboxylic acids is 1. The summed E-state index contributed by atoms with van der Waals surface area (Å²) in [5.41, 5.74) is 4.93. The zero-order valence-corrected chi connectivity index (χ0v) is 17.3. The van der Waals surface area contributed by atoms with Crippen LogP contribution in [0, 0.1) is 19.7 Å². The number of rotatable bonds is 4. The fourth-order valence-electron chi connectivity index (χ4n) is 3.47. The van der Waals surface area contributed by atoms with Crippen LogP contribution in [0.2, 0.25) is 0 Å². The Morgan fingerprint density at radius 2 is 1.73 bits per heavy atom. The molecule has 0 bridgehead atoms. The van der Waals surface area contributed by atoms with Gasteiger partial charge in [-0.15, -0.1) is 0 Å². The Hall–Kier alpha value is -3.54. The molecule has 1 amide bonds. The van der Waals surface area contributed by atoms with Crippen molar-refractivity contribution in [1.82, 2.24) is 15.0 Å². The van der Waals surface area contributed by atoms with Crippen molar-refractivity contribution in [3.8, 4) is 11.3 Å². The Bertz CT molecular complexity index is 1210. The molecule has 2 aromatic carbocycles. The number of carbonyl (C=O) groups is 1. The molecule has 0 spiro atoms. The van der Waals surface area contributed by atoms with E-state index in [0.29, 0.717) is 28.1 Å². The van der Waals surface area contributed by atoms with Crippen LogP contribution in [0.5, 0.6) is 0 Å². The minimum Gasteiger partial charge on any atom is -0.335 e. The van der Waals surface area contributed by atoms with E-state index < -0.39 is 0 Å². The summed E-state index contributed by atoms with van der Waals surface area (Å²) < 4.78 is 18.7. The van der Waals surface area contributed by atoms with Crippen molar-refractivity contribution >= 4 is 17.0 Å². The lowest BCUT2D eigenvalue weighted by Gasteiger charge is -2.26. The number of halogens is 1. The average molecular weight is 403 g/mol. The first-order chi connectivity index (χ1) is 14.3. The van der Waals surface area contributed by atoms with Crippen molar-refractivity contribution in [2.75, 3.05) is 7.05 Å². The fourth-order valence-corrected chi connectivity index (χ4v) is 3.47. The number of nitrogens with zero attached hydrogens (tertiary/aromatic N) is 3. The Balaban J connectivity index is 1.78. The molecular formula is C24H22FN3O2. The zero-order valence-electron chi connectivity index (χ0n) is 17.3. The van der Waals surface area contributed by atoms with E-state index in [0.717, 1.165) is 16.7 Å². The third-order valence-electron chi connectivity index (χ3n) is 5.45. The van der Waals surface area contributed by atoms with Gasteiger partial charge in [0.25, 0.3) is 11.6 Å². The van der Waals surface area contributed by atoms with Crippen molar-refractivity contribution in [2.45, 2.75) is 26.8 Å². The quantitative estimate of drug-likeness (QED) is 0.453. The molecule has 152 valence electrons. The van der Waals surface area contributed by atoms with Gasteiger partial charge in [0.2, 0.25) is 0 Å². The highest BCUT2D eigenvalue weighted by molar-refractivity contribution is 6.07. The highest BCUT2D eigenvalue weighted by atomic mass is 19.1. The first kappa shape index (κ1) is 19.8. The maximum absolute atomic E-state index is 13.5. The van der Waals surface area contributed by atoms with Gasteiger partial charge in [-0.05, 0) is 44.5 Å². The number of hydrogen-bond donors (Lipinski definition) is 0. The third-order valence-corrected chi connectivity index (χ3v) is 5.45. The van der Waals surface area contributed by atoms with E-state index in [1.165, 1.54) is 12.1 Å². The maximum atomic E-state index is 13.5. The highest BCUT2D eigenvalue weighted by Crippen LogP contribution is 2.30. The molecule has 0 aliphatic carbocycles. The minimum absolute atomic E-state index is 0.182. The monoisotopic (exact) mass is 403 g/mol. The van der Waals surface area contributed by atoms with Gasteiger partial charge >= 0.3 is 0 Å². The fraction of sp³-hybridized carbons (Fsp3) is 0.208. The molecule has 0 saturated carbocycles. The van der Waals surface area contributed by atoms with Gasteiger partial charge in [-0.25, -0.2) is 9.37 Å². The molecule has 4 aromatic rings. The van der Waals surface area contributed by atoms with Gasteiger partial charge < -0.3 is 9.42 Å². The van der Waals surface area contributed by atoms with Gasteiger partial charge in [0, 0.05) is 12.6 Å². The standard InChI is InChI=1S/C24H22FN3O2/c1-14-5-7-18(8-6-14)21-13-20(22-15(2)27-30-23(22)26-21)24(29)28(4)16(3)17-9-11-19(25)12-10-17/h5-13,16H,1-4H3. The molecular weight excluding hydrogens is 381 g/mol. The molecule has 0 fully saturated rings. The van der Waals surface area contributed by atoms with Crippen molar-refractivity contribution in [1.29, 1.82) is 0 Å². The van der Waals surface area contributed by atoms with Crippen LogP contribution in [0.3, 0.4) is 0 Å². The molecule has 2 heterocycles. The summed E-state index contributed by atoms with van der Waals surface area (Å²) in [5.74, 6) is -0.488. The Labute approximate surface area is 174 Å². The molecule has 0 N–H and O–H groups in total. The van der Waals surface area contributed by atoms with E-state index >= 15 is 0 Å². The predicted octanol–water partition coefficient (Wildman–Crippen LogP) is 5.48. The first-order valence-electron chi connectivity index (χ1n) is 9.72. The topological polar surface area (TPSA) is 59.2 Å². The molecule has 1 atom stereocenters. The zero-order chi connectivity index (χ0) is 21.4. The van der Waals surface area contributed by atoms with E-state index in [2.05, 4.69) is 10.1 Å². The predicted molar refractivity (Wildman–Crippen MR) is 114 cm³/mol. The minimum atomic E-state index is -0.307. The summed E-state index contributed by atoms with van der Waals surface area (Å²) in [6, 6.07) is 15.6. The summed E-state index contributed by atoms with van der Waals surface area (Å²) in [5, 5.41) is 4.62. The maximum Gasteiger partial charge on any atom is 0.259 e. The van der Waals surface area contributed by atoms with Crippen molar-refractivity contribution < 1.29 is 13.7 Å². The Kier molecular flexibility index (Phi) is 5.08. The van der Waals surface area contributed by atoms with E-state index in [9.17, 15) is 9.18 Å². The summed E-state index contributed by atoms with van der Waals surface area (Å²) in [7, 11) is 1.73. The van der Waals surface area contributed by atoms with Crippen molar-refractivity contribution in [2.24, 2.45) is 0 Å². The molecule has 5 nitrogen and oxygen atoms in total. The van der Waals surface area contributed by atoms with Crippen LogP contribution in [0.4, 0.5) is 4.39 Å². The van der Waals surface area contributed by atoms with Crippen LogP contribution < -0.4 is 0 Å². The van der Waals surface area contributed by atoms with E-state index in [1.54, 1.807) is 37.1 Å². The van der Waals surface area contributed by atoms with Crippen LogP contribution in [-0.4, -0.2) is 28.0 Å². The van der Waals surface area contributed by atoms with E-state index in [-0.39, 0.29) is 17.8 Å². The molecule has 30 heavy (non-hydrogen) atoms.